The summed E-state index contributed by atoms with van der Waals surface area (Å²) in [6.45, 7) is 2.09. The predicted octanol–water partition coefficient (Wildman–Crippen LogP) is 3.70. The topological polar surface area (TPSA) is 68.0 Å². The van der Waals surface area contributed by atoms with Crippen molar-refractivity contribution >= 4 is 17.7 Å². The van der Waals surface area contributed by atoms with Gasteiger partial charge in [-0.2, -0.15) is 4.98 Å². The van der Waals surface area contributed by atoms with E-state index in [1.54, 1.807) is 0 Å². The van der Waals surface area contributed by atoms with Crippen LogP contribution in [0.3, 0.4) is 0 Å². The van der Waals surface area contributed by atoms with Crippen molar-refractivity contribution in [1.29, 1.82) is 0 Å². The van der Waals surface area contributed by atoms with Gasteiger partial charge in [0.05, 0.1) is 6.04 Å². The predicted molar refractivity (Wildman–Crippen MR) is 93.9 cm³/mol. The van der Waals surface area contributed by atoms with Gasteiger partial charge in [0.1, 0.15) is 0 Å². The summed E-state index contributed by atoms with van der Waals surface area (Å²) >= 11 is 1.86. The summed E-state index contributed by atoms with van der Waals surface area (Å²) < 4.78 is 5.20. The summed E-state index contributed by atoms with van der Waals surface area (Å²) in [5, 5.41) is 7.10. The number of benzene rings is 1. The molecule has 5 nitrogen and oxygen atoms in total. The molecule has 0 aliphatic carbocycles. The summed E-state index contributed by atoms with van der Waals surface area (Å²) in [6, 6.07) is 8.46. The van der Waals surface area contributed by atoms with Crippen LogP contribution in [0, 0.1) is 0 Å². The fourth-order valence-electron chi connectivity index (χ4n) is 2.88. The van der Waals surface area contributed by atoms with Crippen molar-refractivity contribution in [2.75, 3.05) is 5.75 Å². The molecule has 0 radical (unpaired) electrons. The zero-order valence-corrected chi connectivity index (χ0v) is 14.8. The molecule has 1 amide bonds. The van der Waals surface area contributed by atoms with Crippen molar-refractivity contribution in [2.45, 2.75) is 56.4 Å². The number of hydrogen-bond acceptors (Lipinski definition) is 5. The van der Waals surface area contributed by atoms with Gasteiger partial charge in [-0.25, -0.2) is 0 Å². The minimum absolute atomic E-state index is 0.0926. The van der Waals surface area contributed by atoms with Gasteiger partial charge in [0.2, 0.25) is 11.8 Å². The molecule has 2 heterocycles. The number of nitrogens with zero attached hydrogens (tertiary/aromatic N) is 2. The lowest BCUT2D eigenvalue weighted by molar-refractivity contribution is -0.122. The summed E-state index contributed by atoms with van der Waals surface area (Å²) in [7, 11) is 0. The Bertz CT molecular complexity index is 686. The third-order valence-electron chi connectivity index (χ3n) is 4.07. The minimum atomic E-state index is 0.0926. The van der Waals surface area contributed by atoms with Crippen LogP contribution in [0.15, 0.2) is 33.7 Å². The Labute approximate surface area is 146 Å². The van der Waals surface area contributed by atoms with Crippen LogP contribution in [0.2, 0.25) is 0 Å². The smallest absolute Gasteiger partial charge is 0.226 e. The van der Waals surface area contributed by atoms with E-state index in [4.69, 9.17) is 4.52 Å². The fraction of sp³-hybridized carbons (Fsp3) is 0.500. The van der Waals surface area contributed by atoms with E-state index in [1.165, 1.54) is 10.5 Å². The SMILES string of the molecule is CCCc1noc(CCCC(=O)N[C@H]2CCSc3ccccc32)n1. The highest BCUT2D eigenvalue weighted by molar-refractivity contribution is 7.99. The molecular weight excluding hydrogens is 322 g/mol. The Morgan fingerprint density at radius 3 is 3.12 bits per heavy atom. The zero-order chi connectivity index (χ0) is 16.8. The maximum absolute atomic E-state index is 12.2. The number of fused-ring (bicyclic) bond motifs is 1. The number of thioether (sulfide) groups is 1. The van der Waals surface area contributed by atoms with E-state index in [1.807, 2.05) is 23.9 Å². The van der Waals surface area contributed by atoms with Crippen LogP contribution in [-0.2, 0) is 17.6 Å². The maximum Gasteiger partial charge on any atom is 0.226 e. The Morgan fingerprint density at radius 1 is 1.38 bits per heavy atom. The molecule has 3 rings (SSSR count). The highest BCUT2D eigenvalue weighted by Gasteiger charge is 2.21. The Kier molecular flexibility index (Phi) is 5.91. The molecule has 1 aromatic carbocycles. The van der Waals surface area contributed by atoms with Gasteiger partial charge in [-0.3, -0.25) is 4.79 Å². The summed E-state index contributed by atoms with van der Waals surface area (Å²) in [4.78, 5) is 17.8. The molecule has 0 unspecified atom stereocenters. The Morgan fingerprint density at radius 2 is 2.25 bits per heavy atom. The standard InChI is InChI=1S/C18H23N3O2S/c1-2-6-16-20-18(23-21-16)10-5-9-17(22)19-14-11-12-24-15-8-4-3-7-13(14)15/h3-4,7-8,14H,2,5-6,9-12H2,1H3,(H,19,22)/t14-/m0/s1. The average molecular weight is 345 g/mol. The monoisotopic (exact) mass is 345 g/mol. The fourth-order valence-corrected chi connectivity index (χ4v) is 4.00. The van der Waals surface area contributed by atoms with Gasteiger partial charge < -0.3 is 9.84 Å². The first-order chi connectivity index (χ1) is 11.8. The van der Waals surface area contributed by atoms with E-state index < -0.39 is 0 Å². The van der Waals surface area contributed by atoms with Gasteiger partial charge in [-0.15, -0.1) is 11.8 Å². The number of aromatic nitrogens is 2. The quantitative estimate of drug-likeness (QED) is 0.829. The maximum atomic E-state index is 12.2. The number of rotatable bonds is 7. The van der Waals surface area contributed by atoms with E-state index >= 15 is 0 Å². The molecule has 1 aliphatic heterocycles. The second-order valence-electron chi connectivity index (χ2n) is 6.00. The van der Waals surface area contributed by atoms with Gasteiger partial charge in [-0.1, -0.05) is 30.3 Å². The molecule has 2 aromatic rings. The number of amides is 1. The van der Waals surface area contributed by atoms with E-state index in [2.05, 4.69) is 34.5 Å². The average Bonchev–Trinajstić information content (AvgIpc) is 3.03. The molecule has 0 saturated carbocycles. The molecule has 1 aromatic heterocycles. The lowest BCUT2D eigenvalue weighted by Crippen LogP contribution is -2.30. The van der Waals surface area contributed by atoms with Crippen LogP contribution >= 0.6 is 11.8 Å². The Hall–Kier alpha value is -1.82. The number of nitrogens with one attached hydrogen (secondary N) is 1. The molecule has 6 heteroatoms. The highest BCUT2D eigenvalue weighted by atomic mass is 32.2. The zero-order valence-electron chi connectivity index (χ0n) is 14.0. The number of carbonyl (C=O) groups is 1. The lowest BCUT2D eigenvalue weighted by Gasteiger charge is -2.25. The molecule has 1 aliphatic rings. The Balaban J connectivity index is 1.46. The van der Waals surface area contributed by atoms with Crippen molar-refractivity contribution < 1.29 is 9.32 Å². The van der Waals surface area contributed by atoms with Crippen molar-refractivity contribution in [3.63, 3.8) is 0 Å². The first-order valence-electron chi connectivity index (χ1n) is 8.59. The number of hydrogen-bond donors (Lipinski definition) is 1. The second kappa shape index (κ2) is 8.33. The van der Waals surface area contributed by atoms with Gasteiger partial charge in [-0.05, 0) is 30.9 Å². The molecule has 0 saturated heterocycles. The third kappa shape index (κ3) is 4.38. The van der Waals surface area contributed by atoms with Crippen molar-refractivity contribution in [3.05, 3.63) is 41.5 Å². The van der Waals surface area contributed by atoms with E-state index in [0.717, 1.165) is 37.3 Å². The molecule has 0 bridgehead atoms. The summed E-state index contributed by atoms with van der Waals surface area (Å²) in [6.07, 6.45) is 4.68. The lowest BCUT2D eigenvalue weighted by atomic mass is 10.0. The summed E-state index contributed by atoms with van der Waals surface area (Å²) in [5.74, 6) is 2.53. The molecule has 128 valence electrons. The van der Waals surface area contributed by atoms with Crippen molar-refractivity contribution in [1.82, 2.24) is 15.5 Å². The van der Waals surface area contributed by atoms with Gasteiger partial charge in [0.15, 0.2) is 5.82 Å². The van der Waals surface area contributed by atoms with Gasteiger partial charge in [0.25, 0.3) is 0 Å². The molecule has 24 heavy (non-hydrogen) atoms. The number of carbonyl (C=O) groups excluding carboxylic acids is 1. The molecule has 1 atom stereocenters. The number of aryl methyl sites for hydroxylation is 2. The van der Waals surface area contributed by atoms with Crippen LogP contribution < -0.4 is 5.32 Å². The van der Waals surface area contributed by atoms with Crippen LogP contribution in [0.1, 0.15) is 55.9 Å². The normalized spacial score (nSPS) is 16.6. The van der Waals surface area contributed by atoms with Crippen molar-refractivity contribution in [3.8, 4) is 0 Å². The van der Waals surface area contributed by atoms with Crippen molar-refractivity contribution in [2.24, 2.45) is 0 Å². The van der Waals surface area contributed by atoms with Crippen LogP contribution in [0.25, 0.3) is 0 Å². The molecule has 1 N–H and O–H groups in total. The minimum Gasteiger partial charge on any atom is -0.349 e. The van der Waals surface area contributed by atoms with Crippen LogP contribution in [0.4, 0.5) is 0 Å². The second-order valence-corrected chi connectivity index (χ2v) is 7.14. The van der Waals surface area contributed by atoms with E-state index in [-0.39, 0.29) is 11.9 Å². The van der Waals surface area contributed by atoms with E-state index in [0.29, 0.717) is 18.7 Å². The van der Waals surface area contributed by atoms with Crippen LogP contribution in [0.5, 0.6) is 0 Å². The highest BCUT2D eigenvalue weighted by Crippen LogP contribution is 2.35. The van der Waals surface area contributed by atoms with E-state index in [9.17, 15) is 4.79 Å². The third-order valence-corrected chi connectivity index (χ3v) is 5.19. The van der Waals surface area contributed by atoms with Crippen LogP contribution in [-0.4, -0.2) is 21.8 Å². The largest absolute Gasteiger partial charge is 0.349 e. The molecule has 0 fully saturated rings. The van der Waals surface area contributed by atoms with Gasteiger partial charge in [0, 0.05) is 29.9 Å². The first kappa shape index (κ1) is 17.0. The molecular formula is C18H23N3O2S. The first-order valence-corrected chi connectivity index (χ1v) is 9.57. The molecule has 0 spiro atoms. The van der Waals surface area contributed by atoms with Gasteiger partial charge >= 0.3 is 0 Å². The summed E-state index contributed by atoms with van der Waals surface area (Å²) in [5.41, 5.74) is 1.24.